The van der Waals surface area contributed by atoms with E-state index in [9.17, 15) is 4.79 Å². The van der Waals surface area contributed by atoms with E-state index in [1.165, 1.54) is 6.39 Å². The van der Waals surface area contributed by atoms with Gasteiger partial charge in [0.15, 0.2) is 0 Å². The minimum atomic E-state index is -0.520. The Bertz CT molecular complexity index is 542. The molecular weight excluding hydrogens is 246 g/mol. The first-order valence-corrected chi connectivity index (χ1v) is 5.81. The molecule has 0 spiro atoms. The summed E-state index contributed by atoms with van der Waals surface area (Å²) in [6.45, 7) is 5.43. The van der Waals surface area contributed by atoms with Crippen LogP contribution >= 0.6 is 0 Å². The second kappa shape index (κ2) is 5.09. The van der Waals surface area contributed by atoms with Crippen molar-refractivity contribution in [3.63, 3.8) is 0 Å². The van der Waals surface area contributed by atoms with E-state index in [1.54, 1.807) is 24.3 Å². The number of ether oxygens (including phenoxy) is 1. The maximum absolute atomic E-state index is 11.6. The second-order valence-electron chi connectivity index (χ2n) is 4.95. The highest BCUT2D eigenvalue weighted by Crippen LogP contribution is 2.19. The molecule has 100 valence electrons. The lowest BCUT2D eigenvalue weighted by Crippen LogP contribution is -2.27. The molecule has 2 rings (SSSR count). The molecule has 0 saturated heterocycles. The first-order valence-electron chi connectivity index (χ1n) is 5.81. The normalized spacial score (nSPS) is 11.1. The van der Waals surface area contributed by atoms with Crippen molar-refractivity contribution in [2.24, 2.45) is 0 Å². The Kier molecular flexibility index (Phi) is 3.50. The summed E-state index contributed by atoms with van der Waals surface area (Å²) in [5, 5.41) is 10.0. The van der Waals surface area contributed by atoms with Crippen LogP contribution in [0.5, 0.6) is 0 Å². The molecule has 0 radical (unpaired) electrons. The van der Waals surface area contributed by atoms with Crippen molar-refractivity contribution in [2.45, 2.75) is 26.4 Å². The Labute approximate surface area is 110 Å². The van der Waals surface area contributed by atoms with Gasteiger partial charge in [-0.15, -0.1) is 10.2 Å². The fourth-order valence-corrected chi connectivity index (χ4v) is 1.42. The van der Waals surface area contributed by atoms with Crippen LogP contribution in [-0.4, -0.2) is 21.9 Å². The van der Waals surface area contributed by atoms with Gasteiger partial charge < -0.3 is 9.15 Å². The molecule has 1 heterocycles. The predicted octanol–water partition coefficient (Wildman–Crippen LogP) is 3.08. The van der Waals surface area contributed by atoms with Gasteiger partial charge in [0.1, 0.15) is 5.60 Å². The number of anilines is 1. The van der Waals surface area contributed by atoms with E-state index in [4.69, 9.17) is 9.15 Å². The van der Waals surface area contributed by atoms with Crippen molar-refractivity contribution in [1.29, 1.82) is 0 Å². The predicted molar refractivity (Wildman–Crippen MR) is 69.6 cm³/mol. The summed E-state index contributed by atoms with van der Waals surface area (Å²) in [5.41, 5.74) is 0.901. The molecular formula is C13H15N3O3. The Morgan fingerprint density at radius 3 is 2.47 bits per heavy atom. The SMILES string of the molecule is CC(C)(C)OC(=O)Nc1ccc(-c2nnco2)cc1. The van der Waals surface area contributed by atoms with Crippen molar-refractivity contribution in [1.82, 2.24) is 10.2 Å². The smallest absolute Gasteiger partial charge is 0.412 e. The molecule has 0 saturated carbocycles. The quantitative estimate of drug-likeness (QED) is 0.898. The molecule has 0 bridgehead atoms. The largest absolute Gasteiger partial charge is 0.444 e. The van der Waals surface area contributed by atoms with Crippen LogP contribution in [0.25, 0.3) is 11.5 Å². The summed E-state index contributed by atoms with van der Waals surface area (Å²) < 4.78 is 10.2. The summed E-state index contributed by atoms with van der Waals surface area (Å²) >= 11 is 0. The molecule has 1 aromatic heterocycles. The molecule has 0 aliphatic carbocycles. The van der Waals surface area contributed by atoms with Gasteiger partial charge in [-0.25, -0.2) is 4.79 Å². The van der Waals surface area contributed by atoms with E-state index in [2.05, 4.69) is 15.5 Å². The molecule has 6 heteroatoms. The van der Waals surface area contributed by atoms with Crippen molar-refractivity contribution < 1.29 is 13.9 Å². The molecule has 0 unspecified atom stereocenters. The molecule has 19 heavy (non-hydrogen) atoms. The molecule has 1 amide bonds. The number of carbonyl (C=O) groups is 1. The second-order valence-corrected chi connectivity index (χ2v) is 4.95. The van der Waals surface area contributed by atoms with Crippen molar-refractivity contribution in [3.8, 4) is 11.5 Å². The summed E-state index contributed by atoms with van der Waals surface area (Å²) in [6.07, 6.45) is 0.778. The summed E-state index contributed by atoms with van der Waals surface area (Å²) in [5.74, 6) is 0.434. The highest BCUT2D eigenvalue weighted by molar-refractivity contribution is 5.85. The number of hydrogen-bond acceptors (Lipinski definition) is 5. The number of carbonyl (C=O) groups excluding carboxylic acids is 1. The number of rotatable bonds is 2. The van der Waals surface area contributed by atoms with Gasteiger partial charge in [-0.2, -0.15) is 0 Å². The van der Waals surface area contributed by atoms with Gasteiger partial charge in [-0.3, -0.25) is 5.32 Å². The third-order valence-electron chi connectivity index (χ3n) is 2.14. The van der Waals surface area contributed by atoms with Crippen LogP contribution in [0.4, 0.5) is 10.5 Å². The van der Waals surface area contributed by atoms with Gasteiger partial charge >= 0.3 is 6.09 Å². The van der Waals surface area contributed by atoms with E-state index in [0.29, 0.717) is 11.6 Å². The van der Waals surface area contributed by atoms with Gasteiger partial charge in [-0.1, -0.05) is 0 Å². The lowest BCUT2D eigenvalue weighted by molar-refractivity contribution is 0.0636. The fourth-order valence-electron chi connectivity index (χ4n) is 1.42. The molecule has 1 N–H and O–H groups in total. The lowest BCUT2D eigenvalue weighted by atomic mass is 10.2. The molecule has 6 nitrogen and oxygen atoms in total. The van der Waals surface area contributed by atoms with Crippen molar-refractivity contribution in [2.75, 3.05) is 5.32 Å². The maximum atomic E-state index is 11.6. The number of amides is 1. The Balaban J connectivity index is 2.01. The Morgan fingerprint density at radius 2 is 1.95 bits per heavy atom. The van der Waals surface area contributed by atoms with Crippen LogP contribution < -0.4 is 5.32 Å². The minimum absolute atomic E-state index is 0.434. The van der Waals surface area contributed by atoms with Gasteiger partial charge in [0.2, 0.25) is 12.3 Å². The number of nitrogens with zero attached hydrogens (tertiary/aromatic N) is 2. The molecule has 0 fully saturated rings. The molecule has 2 aromatic rings. The Hall–Kier alpha value is -2.37. The topological polar surface area (TPSA) is 77.2 Å². The van der Waals surface area contributed by atoms with E-state index < -0.39 is 11.7 Å². The van der Waals surface area contributed by atoms with Crippen LogP contribution in [0.3, 0.4) is 0 Å². The standard InChI is InChI=1S/C13H15N3O3/c1-13(2,3)19-12(17)15-10-6-4-9(5-7-10)11-16-14-8-18-11/h4-8H,1-3H3,(H,15,17). The van der Waals surface area contributed by atoms with E-state index in [1.807, 2.05) is 20.8 Å². The Morgan fingerprint density at radius 1 is 1.26 bits per heavy atom. The fraction of sp³-hybridized carbons (Fsp3) is 0.308. The monoisotopic (exact) mass is 261 g/mol. The van der Waals surface area contributed by atoms with Crippen LogP contribution in [0, 0.1) is 0 Å². The number of nitrogens with one attached hydrogen (secondary N) is 1. The van der Waals surface area contributed by atoms with Gasteiger partial charge in [0, 0.05) is 11.3 Å². The summed E-state index contributed by atoms with van der Waals surface area (Å²) in [7, 11) is 0. The molecule has 0 aliphatic rings. The third kappa shape index (κ3) is 3.80. The maximum Gasteiger partial charge on any atom is 0.412 e. The lowest BCUT2D eigenvalue weighted by Gasteiger charge is -2.19. The van der Waals surface area contributed by atoms with Gasteiger partial charge in [0.05, 0.1) is 0 Å². The van der Waals surface area contributed by atoms with Gasteiger partial charge in [0.25, 0.3) is 0 Å². The highest BCUT2D eigenvalue weighted by Gasteiger charge is 2.16. The minimum Gasteiger partial charge on any atom is -0.444 e. The molecule has 0 aliphatic heterocycles. The third-order valence-corrected chi connectivity index (χ3v) is 2.14. The number of benzene rings is 1. The van der Waals surface area contributed by atoms with Crippen LogP contribution in [0.1, 0.15) is 20.8 Å². The van der Waals surface area contributed by atoms with E-state index >= 15 is 0 Å². The number of hydrogen-bond donors (Lipinski definition) is 1. The van der Waals surface area contributed by atoms with Crippen LogP contribution in [-0.2, 0) is 4.74 Å². The first kappa shape index (κ1) is 13.1. The zero-order valence-electron chi connectivity index (χ0n) is 11.0. The zero-order chi connectivity index (χ0) is 13.9. The van der Waals surface area contributed by atoms with Crippen molar-refractivity contribution in [3.05, 3.63) is 30.7 Å². The van der Waals surface area contributed by atoms with E-state index in [-0.39, 0.29) is 0 Å². The van der Waals surface area contributed by atoms with Crippen LogP contribution in [0.2, 0.25) is 0 Å². The molecule has 0 atom stereocenters. The first-order chi connectivity index (χ1) is 8.94. The van der Waals surface area contributed by atoms with E-state index in [0.717, 1.165) is 5.56 Å². The summed E-state index contributed by atoms with van der Waals surface area (Å²) in [4.78, 5) is 11.6. The zero-order valence-corrected chi connectivity index (χ0v) is 11.0. The average Bonchev–Trinajstić information content (AvgIpc) is 2.80. The number of aromatic nitrogens is 2. The highest BCUT2D eigenvalue weighted by atomic mass is 16.6. The summed E-state index contributed by atoms with van der Waals surface area (Å²) in [6, 6.07) is 7.04. The molecule has 1 aromatic carbocycles. The van der Waals surface area contributed by atoms with Gasteiger partial charge in [-0.05, 0) is 45.0 Å². The average molecular weight is 261 g/mol. The van der Waals surface area contributed by atoms with Crippen LogP contribution in [0.15, 0.2) is 35.1 Å². The van der Waals surface area contributed by atoms with Crippen molar-refractivity contribution >= 4 is 11.8 Å².